The summed E-state index contributed by atoms with van der Waals surface area (Å²) in [6.45, 7) is 2.22. The highest BCUT2D eigenvalue weighted by Gasteiger charge is 2.07. The van der Waals surface area contributed by atoms with Crippen molar-refractivity contribution in [2.45, 2.75) is 19.8 Å². The Hall–Kier alpha value is -0.870. The average Bonchev–Trinajstić information content (AvgIpc) is 2.27. The predicted molar refractivity (Wildman–Crippen MR) is 72.1 cm³/mol. The van der Waals surface area contributed by atoms with E-state index in [4.69, 9.17) is 17.0 Å². The maximum atomic E-state index is 11.2. The van der Waals surface area contributed by atoms with Crippen molar-refractivity contribution in [3.63, 3.8) is 0 Å². The molecule has 0 aliphatic carbocycles. The molecule has 0 saturated heterocycles. The van der Waals surface area contributed by atoms with Crippen molar-refractivity contribution >= 4 is 35.0 Å². The van der Waals surface area contributed by atoms with Crippen molar-refractivity contribution in [1.82, 2.24) is 0 Å². The molecule has 0 unspecified atom stereocenters. The second-order valence-corrected chi connectivity index (χ2v) is 4.43. The van der Waals surface area contributed by atoms with Crippen molar-refractivity contribution in [3.05, 3.63) is 35.4 Å². The molecule has 4 heteroatoms. The van der Waals surface area contributed by atoms with Gasteiger partial charge in [-0.25, -0.2) is 0 Å². The number of ether oxygens (including phenoxy) is 1. The molecule has 86 valence electrons. The molecule has 2 nitrogen and oxygen atoms in total. The van der Waals surface area contributed by atoms with Gasteiger partial charge in [-0.2, -0.15) is 0 Å². The smallest absolute Gasteiger partial charge is 0.306 e. The zero-order valence-corrected chi connectivity index (χ0v) is 10.8. The quantitative estimate of drug-likeness (QED) is 0.497. The van der Waals surface area contributed by atoms with Crippen LogP contribution < -0.4 is 0 Å². The Morgan fingerprint density at radius 2 is 2.12 bits per heavy atom. The van der Waals surface area contributed by atoms with Crippen molar-refractivity contribution in [1.29, 1.82) is 0 Å². The van der Waals surface area contributed by atoms with Crippen LogP contribution in [0.2, 0.25) is 0 Å². The lowest BCUT2D eigenvalue weighted by Gasteiger charge is -2.07. The van der Waals surface area contributed by atoms with Gasteiger partial charge in [0.05, 0.1) is 10.8 Å². The summed E-state index contributed by atoms with van der Waals surface area (Å²) in [5.41, 5.74) is 1.96. The van der Waals surface area contributed by atoms with Gasteiger partial charge in [-0.3, -0.25) is 4.79 Å². The molecular weight excluding hydrogens is 240 g/mol. The summed E-state index contributed by atoms with van der Waals surface area (Å²) in [5.74, 6) is -0.178. The topological polar surface area (TPSA) is 26.3 Å². The molecule has 0 atom stereocenters. The molecule has 0 amide bonds. The van der Waals surface area contributed by atoms with Gasteiger partial charge < -0.3 is 4.74 Å². The SMILES string of the molecule is CCOC(=O)CCc1ccccc1C(=S)S. The van der Waals surface area contributed by atoms with Gasteiger partial charge in [0.2, 0.25) is 0 Å². The van der Waals surface area contributed by atoms with Gasteiger partial charge in [-0.15, -0.1) is 12.6 Å². The van der Waals surface area contributed by atoms with Crippen LogP contribution in [-0.2, 0) is 16.0 Å². The van der Waals surface area contributed by atoms with E-state index >= 15 is 0 Å². The summed E-state index contributed by atoms with van der Waals surface area (Å²) in [5, 5.41) is 0. The van der Waals surface area contributed by atoms with E-state index in [2.05, 4.69) is 12.6 Å². The maximum absolute atomic E-state index is 11.2. The first kappa shape index (κ1) is 13.2. The van der Waals surface area contributed by atoms with Crippen LogP contribution in [0, 0.1) is 0 Å². The third-order valence-corrected chi connectivity index (χ3v) is 2.61. The van der Waals surface area contributed by atoms with Crippen LogP contribution in [0.3, 0.4) is 0 Å². The molecule has 1 aromatic rings. The molecule has 0 fully saturated rings. The lowest BCUT2D eigenvalue weighted by molar-refractivity contribution is -0.143. The minimum absolute atomic E-state index is 0.178. The number of thiocarbonyl (C=S) groups is 1. The molecule has 0 N–H and O–H groups in total. The van der Waals surface area contributed by atoms with E-state index in [1.807, 2.05) is 24.3 Å². The number of hydrogen-bond acceptors (Lipinski definition) is 3. The maximum Gasteiger partial charge on any atom is 0.306 e. The zero-order chi connectivity index (χ0) is 12.0. The fourth-order valence-electron chi connectivity index (χ4n) is 1.42. The molecular formula is C12H14O2S2. The van der Waals surface area contributed by atoms with Crippen molar-refractivity contribution < 1.29 is 9.53 Å². The molecule has 0 aromatic heterocycles. The minimum atomic E-state index is -0.178. The van der Waals surface area contributed by atoms with E-state index in [-0.39, 0.29) is 5.97 Å². The highest BCUT2D eigenvalue weighted by molar-refractivity contribution is 8.11. The molecule has 0 spiro atoms. The fraction of sp³-hybridized carbons (Fsp3) is 0.333. The number of thiol groups is 1. The molecule has 0 bridgehead atoms. The monoisotopic (exact) mass is 254 g/mol. The predicted octanol–water partition coefficient (Wildman–Crippen LogP) is 2.79. The minimum Gasteiger partial charge on any atom is -0.466 e. The largest absolute Gasteiger partial charge is 0.466 e. The Balaban J connectivity index is 2.66. The second-order valence-electron chi connectivity index (χ2n) is 3.27. The van der Waals surface area contributed by atoms with Gasteiger partial charge >= 0.3 is 5.97 Å². The molecule has 1 aromatic carbocycles. The van der Waals surface area contributed by atoms with Crippen LogP contribution in [0.1, 0.15) is 24.5 Å². The summed E-state index contributed by atoms with van der Waals surface area (Å²) < 4.78 is 5.43. The molecule has 0 aliphatic heterocycles. The highest BCUT2D eigenvalue weighted by atomic mass is 32.1. The van der Waals surface area contributed by atoms with E-state index in [0.717, 1.165) is 11.1 Å². The van der Waals surface area contributed by atoms with Crippen molar-refractivity contribution in [3.8, 4) is 0 Å². The zero-order valence-electron chi connectivity index (χ0n) is 9.10. The second kappa shape index (κ2) is 6.66. The number of aryl methyl sites for hydroxylation is 1. The first-order valence-corrected chi connectivity index (χ1v) is 5.97. The number of benzene rings is 1. The first-order valence-electron chi connectivity index (χ1n) is 5.12. The third-order valence-electron chi connectivity index (χ3n) is 2.15. The van der Waals surface area contributed by atoms with Gasteiger partial charge in [0, 0.05) is 12.0 Å². The first-order chi connectivity index (χ1) is 7.65. The van der Waals surface area contributed by atoms with E-state index < -0.39 is 0 Å². The van der Waals surface area contributed by atoms with Gasteiger partial charge in [0.15, 0.2) is 0 Å². The summed E-state index contributed by atoms with van der Waals surface area (Å²) >= 11 is 9.19. The van der Waals surface area contributed by atoms with Crippen LogP contribution in [0.15, 0.2) is 24.3 Å². The fourth-order valence-corrected chi connectivity index (χ4v) is 1.83. The van der Waals surface area contributed by atoms with Gasteiger partial charge in [-0.05, 0) is 18.9 Å². The van der Waals surface area contributed by atoms with Crippen molar-refractivity contribution in [2.75, 3.05) is 6.61 Å². The number of rotatable bonds is 5. The van der Waals surface area contributed by atoms with E-state index in [9.17, 15) is 4.79 Å². The summed E-state index contributed by atoms with van der Waals surface area (Å²) in [4.78, 5) is 11.2. The molecule has 0 heterocycles. The Labute approximate surface area is 106 Å². The van der Waals surface area contributed by atoms with Gasteiger partial charge in [-0.1, -0.05) is 36.5 Å². The molecule has 0 aliphatic rings. The number of carbonyl (C=O) groups is 1. The lowest BCUT2D eigenvalue weighted by atomic mass is 10.0. The summed E-state index contributed by atoms with van der Waals surface area (Å²) in [7, 11) is 0. The Morgan fingerprint density at radius 3 is 2.75 bits per heavy atom. The van der Waals surface area contributed by atoms with E-state index in [0.29, 0.717) is 23.6 Å². The average molecular weight is 254 g/mol. The number of carbonyl (C=O) groups excluding carboxylic acids is 1. The summed E-state index contributed by atoms with van der Waals surface area (Å²) in [6.07, 6.45) is 1.01. The van der Waals surface area contributed by atoms with Crippen molar-refractivity contribution in [2.24, 2.45) is 0 Å². The number of esters is 1. The van der Waals surface area contributed by atoms with Crippen LogP contribution in [0.5, 0.6) is 0 Å². The van der Waals surface area contributed by atoms with Crippen LogP contribution in [-0.4, -0.2) is 16.8 Å². The van der Waals surface area contributed by atoms with E-state index in [1.165, 1.54) is 0 Å². The Kier molecular flexibility index (Phi) is 5.49. The number of hydrogen-bond donors (Lipinski definition) is 1. The molecule has 16 heavy (non-hydrogen) atoms. The van der Waals surface area contributed by atoms with Crippen LogP contribution in [0.4, 0.5) is 0 Å². The van der Waals surface area contributed by atoms with Gasteiger partial charge in [0.1, 0.15) is 0 Å². The molecule has 1 rings (SSSR count). The Morgan fingerprint density at radius 1 is 1.44 bits per heavy atom. The van der Waals surface area contributed by atoms with Gasteiger partial charge in [0.25, 0.3) is 0 Å². The standard InChI is InChI=1S/C12H14O2S2/c1-2-14-11(13)8-7-9-5-3-4-6-10(9)12(15)16/h3-6H,2,7-8H2,1H3,(H,15,16). The molecule has 0 saturated carbocycles. The van der Waals surface area contributed by atoms with Crippen LogP contribution >= 0.6 is 24.8 Å². The summed E-state index contributed by atoms with van der Waals surface area (Å²) in [6, 6.07) is 7.70. The van der Waals surface area contributed by atoms with E-state index in [1.54, 1.807) is 6.92 Å². The van der Waals surface area contributed by atoms with Crippen LogP contribution in [0.25, 0.3) is 0 Å². The highest BCUT2D eigenvalue weighted by Crippen LogP contribution is 2.14. The lowest BCUT2D eigenvalue weighted by Crippen LogP contribution is -2.06. The normalized spacial score (nSPS) is 9.88. The molecule has 0 radical (unpaired) electrons. The Bertz CT molecular complexity index is 388. The third kappa shape index (κ3) is 3.94.